The van der Waals surface area contributed by atoms with Crippen molar-refractivity contribution in [3.8, 4) is 0 Å². The summed E-state index contributed by atoms with van der Waals surface area (Å²) < 4.78 is 0. The number of aryl methyl sites for hydroxylation is 1. The Kier molecular flexibility index (Phi) is 4.97. The fourth-order valence-electron chi connectivity index (χ4n) is 4.20. The van der Waals surface area contributed by atoms with Gasteiger partial charge in [0.25, 0.3) is 0 Å². The monoisotopic (exact) mass is 366 g/mol. The highest BCUT2D eigenvalue weighted by Crippen LogP contribution is 2.27. The van der Waals surface area contributed by atoms with E-state index < -0.39 is 5.92 Å². The zero-order valence-corrected chi connectivity index (χ0v) is 15.8. The Morgan fingerprint density at radius 1 is 1.22 bits per heavy atom. The van der Waals surface area contributed by atoms with Crippen LogP contribution in [0, 0.1) is 5.92 Å². The summed E-state index contributed by atoms with van der Waals surface area (Å²) in [5, 5.41) is 7.61. The molecule has 2 amide bonds. The van der Waals surface area contributed by atoms with Gasteiger partial charge in [-0.05, 0) is 49.8 Å². The fourth-order valence-corrected chi connectivity index (χ4v) is 4.20. The number of anilines is 1. The van der Waals surface area contributed by atoms with Gasteiger partial charge < -0.3 is 9.80 Å². The minimum Gasteiger partial charge on any atom is -0.339 e. The minimum absolute atomic E-state index is 0.0982. The lowest BCUT2D eigenvalue weighted by Gasteiger charge is -2.21. The first-order chi connectivity index (χ1) is 13.1. The molecule has 0 bridgehead atoms. The Balaban J connectivity index is 1.44. The van der Waals surface area contributed by atoms with Gasteiger partial charge >= 0.3 is 0 Å². The van der Waals surface area contributed by atoms with Gasteiger partial charge in [-0.15, -0.1) is 0 Å². The van der Waals surface area contributed by atoms with Crippen LogP contribution in [0.1, 0.15) is 42.6 Å². The Hall–Kier alpha value is -2.63. The first-order valence-corrected chi connectivity index (χ1v) is 9.81. The second-order valence-corrected chi connectivity index (χ2v) is 7.55. The molecule has 2 heterocycles. The summed E-state index contributed by atoms with van der Waals surface area (Å²) in [7, 11) is 1.78. The Morgan fingerprint density at radius 3 is 2.81 bits per heavy atom. The van der Waals surface area contributed by atoms with E-state index in [1.54, 1.807) is 16.8 Å². The van der Waals surface area contributed by atoms with Gasteiger partial charge in [-0.2, -0.15) is 5.10 Å². The van der Waals surface area contributed by atoms with Gasteiger partial charge in [-0.3, -0.25) is 14.7 Å². The van der Waals surface area contributed by atoms with Crippen LogP contribution < -0.4 is 4.90 Å². The number of benzene rings is 1. The van der Waals surface area contributed by atoms with Crippen LogP contribution in [-0.2, 0) is 29.0 Å². The molecule has 0 saturated carbocycles. The third-order valence-electron chi connectivity index (χ3n) is 5.73. The first kappa shape index (κ1) is 17.8. The van der Waals surface area contributed by atoms with Crippen LogP contribution in [0.3, 0.4) is 0 Å². The summed E-state index contributed by atoms with van der Waals surface area (Å²) in [6.45, 7) is 1.05. The number of hydrogen-bond donors (Lipinski definition) is 1. The molecule has 2 aliphatic rings. The Morgan fingerprint density at radius 2 is 2.00 bits per heavy atom. The molecule has 1 aliphatic heterocycles. The van der Waals surface area contributed by atoms with Crippen molar-refractivity contribution in [3.05, 3.63) is 47.3 Å². The summed E-state index contributed by atoms with van der Waals surface area (Å²) in [6, 6.07) is 9.56. The zero-order chi connectivity index (χ0) is 18.8. The van der Waals surface area contributed by atoms with Crippen molar-refractivity contribution in [3.63, 3.8) is 0 Å². The number of carbonyl (C=O) groups excluding carboxylic acids is 2. The van der Waals surface area contributed by atoms with E-state index >= 15 is 0 Å². The third-order valence-corrected chi connectivity index (χ3v) is 5.73. The zero-order valence-electron chi connectivity index (χ0n) is 15.8. The normalized spacial score (nSPS) is 19.7. The van der Waals surface area contributed by atoms with Gasteiger partial charge in [0, 0.05) is 25.0 Å². The topological polar surface area (TPSA) is 69.3 Å². The summed E-state index contributed by atoms with van der Waals surface area (Å²) in [5.74, 6) is -0.796. The van der Waals surface area contributed by atoms with E-state index in [1.165, 1.54) is 30.5 Å². The predicted molar refractivity (Wildman–Crippen MR) is 103 cm³/mol. The molecule has 1 aromatic heterocycles. The number of para-hydroxylation sites is 1. The number of aromatic amines is 1. The van der Waals surface area contributed by atoms with Crippen molar-refractivity contribution < 1.29 is 9.59 Å². The summed E-state index contributed by atoms with van der Waals surface area (Å²) in [4.78, 5) is 29.1. The van der Waals surface area contributed by atoms with Crippen molar-refractivity contribution in [2.24, 2.45) is 5.92 Å². The number of nitrogens with zero attached hydrogens (tertiary/aromatic N) is 3. The smallest absolute Gasteiger partial charge is 0.239 e. The molecular weight excluding hydrogens is 340 g/mol. The molecule has 2 aromatic rings. The van der Waals surface area contributed by atoms with E-state index in [1.807, 2.05) is 30.3 Å². The van der Waals surface area contributed by atoms with Gasteiger partial charge in [-0.25, -0.2) is 0 Å². The highest BCUT2D eigenvalue weighted by molar-refractivity contribution is 6.09. The minimum atomic E-state index is -0.590. The number of hydrogen-bond acceptors (Lipinski definition) is 3. The van der Waals surface area contributed by atoms with Crippen LogP contribution in [0.15, 0.2) is 30.3 Å². The Bertz CT molecular complexity index is 830. The van der Waals surface area contributed by atoms with Crippen LogP contribution in [-0.4, -0.2) is 40.5 Å². The van der Waals surface area contributed by atoms with E-state index in [9.17, 15) is 9.59 Å². The molecule has 142 valence electrons. The van der Waals surface area contributed by atoms with Crippen LogP contribution in [0.4, 0.5) is 5.69 Å². The quantitative estimate of drug-likeness (QED) is 0.668. The molecule has 1 aromatic carbocycles. The maximum atomic E-state index is 12.9. The van der Waals surface area contributed by atoms with Crippen LogP contribution >= 0.6 is 0 Å². The lowest BCUT2D eigenvalue weighted by atomic mass is 10.1. The second-order valence-electron chi connectivity index (χ2n) is 7.55. The molecule has 1 aliphatic carbocycles. The molecular formula is C21H26N4O2. The van der Waals surface area contributed by atoms with Gasteiger partial charge in [0.1, 0.15) is 5.92 Å². The van der Waals surface area contributed by atoms with E-state index in [2.05, 4.69) is 10.2 Å². The van der Waals surface area contributed by atoms with Crippen molar-refractivity contribution in [1.82, 2.24) is 15.1 Å². The number of aromatic nitrogens is 2. The second kappa shape index (κ2) is 7.55. The molecule has 1 N–H and O–H groups in total. The number of fused-ring (bicyclic) bond motifs is 1. The fraction of sp³-hybridized carbons (Fsp3) is 0.476. The van der Waals surface area contributed by atoms with Crippen molar-refractivity contribution in [2.45, 2.75) is 45.1 Å². The van der Waals surface area contributed by atoms with Crippen LogP contribution in [0.5, 0.6) is 0 Å². The van der Waals surface area contributed by atoms with Crippen molar-refractivity contribution in [2.75, 3.05) is 18.5 Å². The van der Waals surface area contributed by atoms with E-state index in [0.29, 0.717) is 19.5 Å². The maximum Gasteiger partial charge on any atom is 0.239 e. The van der Waals surface area contributed by atoms with Gasteiger partial charge in [-0.1, -0.05) is 24.6 Å². The third kappa shape index (κ3) is 3.48. The van der Waals surface area contributed by atoms with Gasteiger partial charge in [0.2, 0.25) is 11.8 Å². The molecule has 6 heteroatoms. The largest absolute Gasteiger partial charge is 0.339 e. The number of carbonyl (C=O) groups is 2. The molecule has 1 unspecified atom stereocenters. The number of H-pyrrole nitrogens is 1. The number of nitrogens with one attached hydrogen (secondary N) is 1. The molecule has 6 nitrogen and oxygen atoms in total. The summed E-state index contributed by atoms with van der Waals surface area (Å²) >= 11 is 0. The van der Waals surface area contributed by atoms with Crippen molar-refractivity contribution in [1.29, 1.82) is 0 Å². The molecule has 27 heavy (non-hydrogen) atoms. The highest BCUT2D eigenvalue weighted by Gasteiger charge is 2.39. The SMILES string of the molecule is CN(Cc1n[nH]c2c1CCCCC2)C(=O)C1CCN(c2ccccc2)C1=O. The lowest BCUT2D eigenvalue weighted by molar-refractivity contribution is -0.139. The standard InChI is InChI=1S/C21H26N4O2/c1-24(14-19-16-10-6-3-7-11-18(16)22-23-19)20(26)17-12-13-25(21(17)27)15-8-4-2-5-9-15/h2,4-5,8-9,17H,3,6-7,10-14H2,1H3,(H,22,23). The summed E-state index contributed by atoms with van der Waals surface area (Å²) in [5.41, 5.74) is 4.30. The van der Waals surface area contributed by atoms with E-state index in [-0.39, 0.29) is 11.8 Å². The highest BCUT2D eigenvalue weighted by atomic mass is 16.2. The van der Waals surface area contributed by atoms with Gasteiger partial charge in [0.05, 0.1) is 12.2 Å². The average molecular weight is 366 g/mol. The van der Waals surface area contributed by atoms with Crippen LogP contribution in [0.25, 0.3) is 0 Å². The van der Waals surface area contributed by atoms with E-state index in [0.717, 1.165) is 24.2 Å². The molecule has 0 spiro atoms. The molecule has 4 rings (SSSR count). The van der Waals surface area contributed by atoms with E-state index in [4.69, 9.17) is 0 Å². The summed E-state index contributed by atoms with van der Waals surface area (Å²) in [6.07, 6.45) is 6.22. The van der Waals surface area contributed by atoms with Crippen molar-refractivity contribution >= 4 is 17.5 Å². The molecule has 1 atom stereocenters. The lowest BCUT2D eigenvalue weighted by Crippen LogP contribution is -2.38. The van der Waals surface area contributed by atoms with Crippen LogP contribution in [0.2, 0.25) is 0 Å². The average Bonchev–Trinajstić information content (AvgIpc) is 3.16. The molecule has 1 saturated heterocycles. The predicted octanol–water partition coefficient (Wildman–Crippen LogP) is 2.69. The molecule has 1 fully saturated rings. The Labute approximate surface area is 159 Å². The number of rotatable bonds is 4. The van der Waals surface area contributed by atoms with Gasteiger partial charge in [0.15, 0.2) is 0 Å². The number of amides is 2. The maximum absolute atomic E-state index is 12.9. The first-order valence-electron chi connectivity index (χ1n) is 9.81. The molecule has 0 radical (unpaired) electrons.